The molecule has 132 valence electrons. The summed E-state index contributed by atoms with van der Waals surface area (Å²) in [5.74, 6) is 0.194. The first-order valence-corrected chi connectivity index (χ1v) is 9.15. The third-order valence-electron chi connectivity index (χ3n) is 5.10. The van der Waals surface area contributed by atoms with Crippen molar-refractivity contribution >= 4 is 5.91 Å². The van der Waals surface area contributed by atoms with Crippen molar-refractivity contribution in [1.82, 2.24) is 14.7 Å². The van der Waals surface area contributed by atoms with Crippen molar-refractivity contribution in [3.8, 4) is 0 Å². The Morgan fingerprint density at radius 2 is 1.67 bits per heavy atom. The second-order valence-electron chi connectivity index (χ2n) is 6.97. The van der Waals surface area contributed by atoms with E-state index < -0.39 is 6.10 Å². The van der Waals surface area contributed by atoms with Gasteiger partial charge in [-0.05, 0) is 18.4 Å². The minimum Gasteiger partial charge on any atom is -0.390 e. The van der Waals surface area contributed by atoms with Crippen molar-refractivity contribution in [3.63, 3.8) is 0 Å². The molecule has 1 unspecified atom stereocenters. The molecule has 5 heteroatoms. The van der Waals surface area contributed by atoms with Gasteiger partial charge in [-0.3, -0.25) is 9.69 Å². The predicted octanol–water partition coefficient (Wildman–Crippen LogP) is 0.830. The number of hydrogen-bond acceptors (Lipinski definition) is 4. The van der Waals surface area contributed by atoms with Gasteiger partial charge >= 0.3 is 0 Å². The molecule has 1 aromatic rings. The molecule has 24 heavy (non-hydrogen) atoms. The number of aliphatic hydroxyl groups excluding tert-OH is 1. The van der Waals surface area contributed by atoms with Crippen LogP contribution >= 0.6 is 0 Å². The van der Waals surface area contributed by atoms with Crippen LogP contribution in [-0.2, 0) is 11.2 Å². The summed E-state index contributed by atoms with van der Waals surface area (Å²) in [5.41, 5.74) is 1.39. The minimum atomic E-state index is -0.428. The Morgan fingerprint density at radius 3 is 2.33 bits per heavy atom. The van der Waals surface area contributed by atoms with Gasteiger partial charge in [-0.1, -0.05) is 30.3 Å². The van der Waals surface area contributed by atoms with Crippen LogP contribution in [0.3, 0.4) is 0 Å². The van der Waals surface area contributed by atoms with Crippen LogP contribution in [0.15, 0.2) is 30.3 Å². The third kappa shape index (κ3) is 5.03. The normalized spacial score (nSPS) is 21.4. The topological polar surface area (TPSA) is 47.0 Å². The van der Waals surface area contributed by atoms with E-state index in [0.29, 0.717) is 19.5 Å². The molecule has 2 saturated heterocycles. The van der Waals surface area contributed by atoms with E-state index in [1.165, 1.54) is 5.56 Å². The number of nitrogens with zero attached hydrogens (tertiary/aromatic N) is 3. The molecule has 0 aromatic heterocycles. The number of amides is 1. The molecule has 2 heterocycles. The highest BCUT2D eigenvalue weighted by molar-refractivity contribution is 5.78. The average molecular weight is 331 g/mol. The maximum Gasteiger partial charge on any atom is 0.222 e. The first kappa shape index (κ1) is 17.4. The van der Waals surface area contributed by atoms with Crippen molar-refractivity contribution in [2.75, 3.05) is 52.4 Å². The fourth-order valence-corrected chi connectivity index (χ4v) is 3.63. The maximum atomic E-state index is 11.6. The lowest BCUT2D eigenvalue weighted by Crippen LogP contribution is -2.50. The maximum absolute atomic E-state index is 11.6. The molecule has 2 fully saturated rings. The van der Waals surface area contributed by atoms with Crippen LogP contribution in [0.2, 0.25) is 0 Å². The molecular weight excluding hydrogens is 302 g/mol. The smallest absolute Gasteiger partial charge is 0.222 e. The molecule has 0 aliphatic carbocycles. The number of piperazine rings is 1. The fraction of sp³-hybridized carbons (Fsp3) is 0.632. The van der Waals surface area contributed by atoms with E-state index in [1.807, 2.05) is 0 Å². The Morgan fingerprint density at radius 1 is 0.958 bits per heavy atom. The van der Waals surface area contributed by atoms with Gasteiger partial charge in [0.25, 0.3) is 0 Å². The number of carbonyl (C=O) groups excluding carboxylic acids is 1. The molecule has 1 amide bonds. The van der Waals surface area contributed by atoms with Crippen molar-refractivity contribution in [1.29, 1.82) is 0 Å². The zero-order valence-corrected chi connectivity index (χ0v) is 14.4. The average Bonchev–Trinajstić information content (AvgIpc) is 3.00. The summed E-state index contributed by atoms with van der Waals surface area (Å²) in [6, 6.07) is 10.6. The van der Waals surface area contributed by atoms with E-state index >= 15 is 0 Å². The number of rotatable bonds is 7. The van der Waals surface area contributed by atoms with E-state index in [4.69, 9.17) is 0 Å². The first-order valence-electron chi connectivity index (χ1n) is 9.15. The number of benzene rings is 1. The van der Waals surface area contributed by atoms with Crippen LogP contribution < -0.4 is 0 Å². The molecule has 1 N–H and O–H groups in total. The quantitative estimate of drug-likeness (QED) is 0.804. The number of likely N-dealkylation sites (tertiary alicyclic amines) is 1. The molecule has 2 aliphatic rings. The number of aliphatic hydroxyl groups is 1. The molecule has 2 aliphatic heterocycles. The lowest BCUT2D eigenvalue weighted by atomic mass is 10.1. The molecule has 0 spiro atoms. The van der Waals surface area contributed by atoms with Gasteiger partial charge < -0.3 is 14.9 Å². The van der Waals surface area contributed by atoms with Crippen molar-refractivity contribution in [2.45, 2.75) is 25.4 Å². The highest BCUT2D eigenvalue weighted by atomic mass is 16.3. The standard InChI is InChI=1S/C19H29N3O2/c23-18(16-22-9-4-7-19(22)24)15-21-13-11-20(12-14-21)10-8-17-5-2-1-3-6-17/h1-3,5-6,18,23H,4,7-16H2. The van der Waals surface area contributed by atoms with Crippen molar-refractivity contribution < 1.29 is 9.90 Å². The van der Waals surface area contributed by atoms with Gasteiger partial charge in [0.05, 0.1) is 6.10 Å². The molecule has 0 bridgehead atoms. The van der Waals surface area contributed by atoms with E-state index in [0.717, 1.165) is 52.1 Å². The fourth-order valence-electron chi connectivity index (χ4n) is 3.63. The van der Waals surface area contributed by atoms with Gasteiger partial charge in [0.15, 0.2) is 0 Å². The summed E-state index contributed by atoms with van der Waals surface area (Å²) < 4.78 is 0. The number of hydrogen-bond donors (Lipinski definition) is 1. The Labute approximate surface area is 144 Å². The lowest BCUT2D eigenvalue weighted by molar-refractivity contribution is -0.129. The van der Waals surface area contributed by atoms with E-state index in [1.54, 1.807) is 4.90 Å². The van der Waals surface area contributed by atoms with Crippen LogP contribution in [-0.4, -0.2) is 84.2 Å². The first-order chi connectivity index (χ1) is 11.7. The van der Waals surface area contributed by atoms with Gasteiger partial charge in [-0.15, -0.1) is 0 Å². The Balaban J connectivity index is 1.33. The Hall–Kier alpha value is -1.43. The Kier molecular flexibility index (Phi) is 6.24. The SMILES string of the molecule is O=C1CCCN1CC(O)CN1CCN(CCc2ccccc2)CC1. The summed E-state index contributed by atoms with van der Waals surface area (Å²) in [5, 5.41) is 10.2. The van der Waals surface area contributed by atoms with E-state index in [2.05, 4.69) is 40.1 Å². The monoisotopic (exact) mass is 331 g/mol. The van der Waals surface area contributed by atoms with Crippen LogP contribution in [0.1, 0.15) is 18.4 Å². The van der Waals surface area contributed by atoms with Crippen LogP contribution in [0, 0.1) is 0 Å². The highest BCUT2D eigenvalue weighted by Gasteiger charge is 2.24. The van der Waals surface area contributed by atoms with Gasteiger partial charge in [0.2, 0.25) is 5.91 Å². The predicted molar refractivity (Wildman–Crippen MR) is 94.8 cm³/mol. The molecule has 1 atom stereocenters. The summed E-state index contributed by atoms with van der Waals surface area (Å²) in [4.78, 5) is 18.3. The number of β-amino-alcohol motifs (C(OH)–C–C–N with tert-alkyl or cyclic N) is 1. The van der Waals surface area contributed by atoms with Crippen molar-refractivity contribution in [2.24, 2.45) is 0 Å². The second-order valence-corrected chi connectivity index (χ2v) is 6.97. The lowest BCUT2D eigenvalue weighted by Gasteiger charge is -2.36. The minimum absolute atomic E-state index is 0.194. The van der Waals surface area contributed by atoms with Crippen LogP contribution in [0.5, 0.6) is 0 Å². The van der Waals surface area contributed by atoms with E-state index in [-0.39, 0.29) is 5.91 Å². The van der Waals surface area contributed by atoms with Crippen molar-refractivity contribution in [3.05, 3.63) is 35.9 Å². The molecule has 5 nitrogen and oxygen atoms in total. The molecule has 3 rings (SSSR count). The summed E-state index contributed by atoms with van der Waals surface area (Å²) in [6.45, 7) is 7.19. The zero-order chi connectivity index (χ0) is 16.8. The van der Waals surface area contributed by atoms with Gasteiger partial charge in [-0.2, -0.15) is 0 Å². The highest BCUT2D eigenvalue weighted by Crippen LogP contribution is 2.11. The molecule has 0 saturated carbocycles. The summed E-state index contributed by atoms with van der Waals surface area (Å²) in [7, 11) is 0. The summed E-state index contributed by atoms with van der Waals surface area (Å²) in [6.07, 6.45) is 2.25. The van der Waals surface area contributed by atoms with Gasteiger partial charge in [0.1, 0.15) is 0 Å². The van der Waals surface area contributed by atoms with Gasteiger partial charge in [-0.25, -0.2) is 0 Å². The molecular formula is C19H29N3O2. The largest absolute Gasteiger partial charge is 0.390 e. The second kappa shape index (κ2) is 8.60. The van der Waals surface area contributed by atoms with Gasteiger partial charge in [0, 0.05) is 58.8 Å². The van der Waals surface area contributed by atoms with Crippen LogP contribution in [0.4, 0.5) is 0 Å². The third-order valence-corrected chi connectivity index (χ3v) is 5.10. The summed E-state index contributed by atoms with van der Waals surface area (Å²) >= 11 is 0. The molecule has 0 radical (unpaired) electrons. The number of carbonyl (C=O) groups is 1. The van der Waals surface area contributed by atoms with E-state index in [9.17, 15) is 9.90 Å². The van der Waals surface area contributed by atoms with Crippen LogP contribution in [0.25, 0.3) is 0 Å². The Bertz CT molecular complexity index is 515. The molecule has 1 aromatic carbocycles. The zero-order valence-electron chi connectivity index (χ0n) is 14.4.